The first kappa shape index (κ1) is 15.1. The molecule has 0 bridgehead atoms. The van der Waals surface area contributed by atoms with Crippen LogP contribution in [0.3, 0.4) is 0 Å². The number of aromatic nitrogens is 1. The van der Waals surface area contributed by atoms with E-state index < -0.39 is 9.84 Å². The normalized spacial score (nSPS) is 21.3. The number of nitrogens with two attached hydrogens (primary N) is 1. The standard InChI is InChI=1S/C13H22N4O2S2/c1-17(2)13(6-3-7-13)8-15-12-10(11(14)16-20-12)21(18,19)9-4-5-9/h9,15H,3-8H2,1-2H3,(H2,14,16). The van der Waals surface area contributed by atoms with Crippen LogP contribution in [0.4, 0.5) is 10.8 Å². The largest absolute Gasteiger partial charge is 0.382 e. The molecule has 118 valence electrons. The fraction of sp³-hybridized carbons (Fsp3) is 0.769. The molecular weight excluding hydrogens is 308 g/mol. The average Bonchev–Trinajstić information content (AvgIpc) is 3.13. The zero-order chi connectivity index (χ0) is 15.3. The molecule has 21 heavy (non-hydrogen) atoms. The van der Waals surface area contributed by atoms with Crippen molar-refractivity contribution in [2.45, 2.75) is 47.8 Å². The molecule has 2 fully saturated rings. The minimum absolute atomic E-state index is 0.124. The van der Waals surface area contributed by atoms with Gasteiger partial charge in [-0.25, -0.2) is 8.42 Å². The van der Waals surface area contributed by atoms with Crippen LogP contribution in [0.25, 0.3) is 0 Å². The highest BCUT2D eigenvalue weighted by Crippen LogP contribution is 2.42. The lowest BCUT2D eigenvalue weighted by Gasteiger charge is -2.47. The third-order valence-electron chi connectivity index (χ3n) is 4.73. The van der Waals surface area contributed by atoms with Crippen LogP contribution in [0.1, 0.15) is 32.1 Å². The second kappa shape index (κ2) is 5.10. The summed E-state index contributed by atoms with van der Waals surface area (Å²) in [4.78, 5) is 2.45. The summed E-state index contributed by atoms with van der Waals surface area (Å²) < 4.78 is 29.0. The highest BCUT2D eigenvalue weighted by molar-refractivity contribution is 7.92. The van der Waals surface area contributed by atoms with Gasteiger partial charge in [-0.1, -0.05) is 0 Å². The topological polar surface area (TPSA) is 88.3 Å². The average molecular weight is 330 g/mol. The van der Waals surface area contributed by atoms with Gasteiger partial charge in [0.1, 0.15) is 9.90 Å². The number of rotatable bonds is 6. The summed E-state index contributed by atoms with van der Waals surface area (Å²) in [5.41, 5.74) is 5.93. The molecule has 3 N–H and O–H groups in total. The van der Waals surface area contributed by atoms with Crippen LogP contribution in [0.15, 0.2) is 4.90 Å². The lowest BCUT2D eigenvalue weighted by atomic mass is 9.75. The minimum atomic E-state index is -3.31. The first-order chi connectivity index (χ1) is 9.87. The van der Waals surface area contributed by atoms with Gasteiger partial charge in [-0.15, -0.1) is 0 Å². The van der Waals surface area contributed by atoms with Crippen LogP contribution < -0.4 is 11.1 Å². The molecule has 6 nitrogen and oxygen atoms in total. The second-order valence-corrected chi connectivity index (χ2v) is 9.23. The Labute approximate surface area is 129 Å². The molecule has 0 radical (unpaired) electrons. The molecule has 1 aromatic heterocycles. The van der Waals surface area contributed by atoms with Gasteiger partial charge in [-0.3, -0.25) is 0 Å². The van der Waals surface area contributed by atoms with Crippen molar-refractivity contribution in [3.8, 4) is 0 Å². The lowest BCUT2D eigenvalue weighted by Crippen LogP contribution is -2.54. The highest BCUT2D eigenvalue weighted by Gasteiger charge is 2.42. The fourth-order valence-electron chi connectivity index (χ4n) is 2.84. The molecule has 1 aromatic rings. The maximum absolute atomic E-state index is 12.5. The van der Waals surface area contributed by atoms with Crippen molar-refractivity contribution in [1.29, 1.82) is 0 Å². The molecular formula is C13H22N4O2S2. The first-order valence-corrected chi connectivity index (χ1v) is 9.59. The molecule has 0 saturated heterocycles. The highest BCUT2D eigenvalue weighted by atomic mass is 32.2. The Morgan fingerprint density at radius 3 is 2.57 bits per heavy atom. The van der Waals surface area contributed by atoms with Crippen LogP contribution in [0.2, 0.25) is 0 Å². The van der Waals surface area contributed by atoms with Gasteiger partial charge in [-0.05, 0) is 57.7 Å². The van der Waals surface area contributed by atoms with E-state index in [-0.39, 0.29) is 21.5 Å². The van der Waals surface area contributed by atoms with Crippen molar-refractivity contribution in [2.24, 2.45) is 0 Å². The number of sulfone groups is 1. The van der Waals surface area contributed by atoms with E-state index in [2.05, 4.69) is 28.7 Å². The third-order valence-corrected chi connectivity index (χ3v) is 8.01. The molecule has 2 saturated carbocycles. The number of nitrogens with zero attached hydrogens (tertiary/aromatic N) is 2. The van der Waals surface area contributed by atoms with Gasteiger partial charge in [-0.2, -0.15) is 4.37 Å². The van der Waals surface area contributed by atoms with Crippen molar-refractivity contribution in [3.05, 3.63) is 0 Å². The van der Waals surface area contributed by atoms with Gasteiger partial charge in [0.15, 0.2) is 15.7 Å². The molecule has 0 aliphatic heterocycles. The van der Waals surface area contributed by atoms with Crippen molar-refractivity contribution in [3.63, 3.8) is 0 Å². The smallest absolute Gasteiger partial charge is 0.187 e. The predicted molar refractivity (Wildman–Crippen MR) is 85.5 cm³/mol. The number of anilines is 2. The third kappa shape index (κ3) is 2.53. The Kier molecular flexibility index (Phi) is 3.66. The van der Waals surface area contributed by atoms with E-state index in [1.807, 2.05) is 0 Å². The van der Waals surface area contributed by atoms with Crippen molar-refractivity contribution in [1.82, 2.24) is 9.27 Å². The van der Waals surface area contributed by atoms with E-state index >= 15 is 0 Å². The molecule has 0 amide bonds. The Hall–Kier alpha value is -0.860. The molecule has 1 heterocycles. The van der Waals surface area contributed by atoms with E-state index in [9.17, 15) is 8.42 Å². The molecule has 0 atom stereocenters. The summed E-state index contributed by atoms with van der Waals surface area (Å²) in [5.74, 6) is 0.141. The number of nitrogen functional groups attached to an aromatic ring is 1. The Bertz CT molecular complexity index is 631. The van der Waals surface area contributed by atoms with E-state index in [1.54, 1.807) is 0 Å². The zero-order valence-electron chi connectivity index (χ0n) is 12.4. The Morgan fingerprint density at radius 1 is 1.43 bits per heavy atom. The maximum Gasteiger partial charge on any atom is 0.187 e. The van der Waals surface area contributed by atoms with Crippen LogP contribution in [0, 0.1) is 0 Å². The predicted octanol–water partition coefficient (Wildman–Crippen LogP) is 1.56. The Balaban J connectivity index is 1.81. The zero-order valence-corrected chi connectivity index (χ0v) is 14.1. The van der Waals surface area contributed by atoms with Crippen LogP contribution in [0.5, 0.6) is 0 Å². The van der Waals surface area contributed by atoms with Gasteiger partial charge >= 0.3 is 0 Å². The molecule has 2 aliphatic rings. The quantitative estimate of drug-likeness (QED) is 0.823. The minimum Gasteiger partial charge on any atom is -0.382 e. The van der Waals surface area contributed by atoms with Crippen molar-refractivity contribution in [2.75, 3.05) is 31.7 Å². The molecule has 3 rings (SSSR count). The first-order valence-electron chi connectivity index (χ1n) is 7.27. The number of hydrogen-bond donors (Lipinski definition) is 2. The van der Waals surface area contributed by atoms with E-state index in [0.717, 1.165) is 43.8 Å². The van der Waals surface area contributed by atoms with Crippen LogP contribution >= 0.6 is 11.5 Å². The van der Waals surface area contributed by atoms with Crippen molar-refractivity contribution >= 4 is 32.2 Å². The number of hydrogen-bond acceptors (Lipinski definition) is 7. The SMILES string of the molecule is CN(C)C1(CNc2snc(N)c2S(=O)(=O)C2CC2)CCC1. The molecule has 8 heteroatoms. The summed E-state index contributed by atoms with van der Waals surface area (Å²) in [5, 5.41) is 3.65. The van der Waals surface area contributed by atoms with E-state index in [4.69, 9.17) is 5.73 Å². The van der Waals surface area contributed by atoms with Gasteiger partial charge in [0.2, 0.25) is 0 Å². The lowest BCUT2D eigenvalue weighted by molar-refractivity contribution is 0.0739. The number of likely N-dealkylation sites (N-methyl/N-ethyl adjacent to an activating group) is 1. The fourth-order valence-corrected chi connectivity index (χ4v) is 5.72. The van der Waals surface area contributed by atoms with Gasteiger partial charge in [0.25, 0.3) is 0 Å². The summed E-state index contributed by atoms with van der Waals surface area (Å²) >= 11 is 1.15. The van der Waals surface area contributed by atoms with Gasteiger partial charge in [0, 0.05) is 12.1 Å². The van der Waals surface area contributed by atoms with Gasteiger partial charge in [0.05, 0.1) is 5.25 Å². The summed E-state index contributed by atoms with van der Waals surface area (Å²) in [6.07, 6.45) is 4.95. The molecule has 0 spiro atoms. The van der Waals surface area contributed by atoms with Gasteiger partial charge < -0.3 is 16.0 Å². The Morgan fingerprint density at radius 2 is 2.10 bits per heavy atom. The monoisotopic (exact) mass is 330 g/mol. The molecule has 0 unspecified atom stereocenters. The molecule has 0 aromatic carbocycles. The summed E-state index contributed by atoms with van der Waals surface area (Å²) in [6, 6.07) is 0. The molecule has 2 aliphatic carbocycles. The van der Waals surface area contributed by atoms with Crippen molar-refractivity contribution < 1.29 is 8.42 Å². The van der Waals surface area contributed by atoms with Crippen LogP contribution in [-0.4, -0.2) is 49.1 Å². The summed E-state index contributed by atoms with van der Waals surface area (Å²) in [7, 11) is 0.833. The maximum atomic E-state index is 12.5. The number of nitrogens with one attached hydrogen (secondary N) is 1. The second-order valence-electron chi connectivity index (χ2n) is 6.30. The summed E-state index contributed by atoms with van der Waals surface area (Å²) in [6.45, 7) is 0.731. The van der Waals surface area contributed by atoms with E-state index in [1.165, 1.54) is 6.42 Å². The van der Waals surface area contributed by atoms with E-state index in [0.29, 0.717) is 5.00 Å². The van der Waals surface area contributed by atoms with Crippen LogP contribution in [-0.2, 0) is 9.84 Å².